The number of carbonyl (C=O) groups is 1. The van der Waals surface area contributed by atoms with Crippen molar-refractivity contribution in [2.24, 2.45) is 5.90 Å². The Morgan fingerprint density at radius 2 is 1.71 bits per heavy atom. The Kier molecular flexibility index (Phi) is 5.49. The van der Waals surface area contributed by atoms with Crippen LogP contribution in [0.3, 0.4) is 0 Å². The van der Waals surface area contributed by atoms with Gasteiger partial charge in [-0.05, 0) is 33.6 Å². The molecule has 0 aliphatic carbocycles. The molecular formula is C9H20N2O3. The molecule has 1 aliphatic rings. The lowest BCUT2D eigenvalue weighted by molar-refractivity contribution is 0.0295. The van der Waals surface area contributed by atoms with Crippen LogP contribution >= 0.6 is 0 Å². The molecule has 84 valence electrons. The Bertz CT molecular complexity index is 171. The Labute approximate surface area is 84.8 Å². The van der Waals surface area contributed by atoms with Crippen LogP contribution in [0.15, 0.2) is 0 Å². The number of nitrogens with two attached hydrogens (primary N) is 1. The van der Waals surface area contributed by atoms with E-state index >= 15 is 0 Å². The van der Waals surface area contributed by atoms with Gasteiger partial charge in [0.2, 0.25) is 0 Å². The minimum Gasteiger partial charge on any atom is -0.444 e. The molecule has 1 fully saturated rings. The predicted molar refractivity (Wildman–Crippen MR) is 53.0 cm³/mol. The smallest absolute Gasteiger partial charge is 0.410 e. The van der Waals surface area contributed by atoms with Crippen LogP contribution in [0.1, 0.15) is 33.6 Å². The molecule has 5 heteroatoms. The zero-order valence-electron chi connectivity index (χ0n) is 9.12. The second-order valence-corrected chi connectivity index (χ2v) is 4.17. The Balaban J connectivity index is 0.000000791. The van der Waals surface area contributed by atoms with Crippen molar-refractivity contribution in [1.82, 2.24) is 4.90 Å². The lowest BCUT2D eigenvalue weighted by atomic mass is 10.2. The summed E-state index contributed by atoms with van der Waals surface area (Å²) in [5.41, 5.74) is -0.361. The maximum Gasteiger partial charge on any atom is 0.410 e. The standard InChI is InChI=1S/C9H17NO2.H3NO/c1-9(2,3)12-8(11)10-6-4-5-7-10;1-2/h4-7H2,1-3H3;2H,1H2. The van der Waals surface area contributed by atoms with Gasteiger partial charge in [-0.3, -0.25) is 0 Å². The van der Waals surface area contributed by atoms with Crippen LogP contribution < -0.4 is 5.90 Å². The average molecular weight is 204 g/mol. The summed E-state index contributed by atoms with van der Waals surface area (Å²) >= 11 is 0. The van der Waals surface area contributed by atoms with Crippen molar-refractivity contribution in [1.29, 1.82) is 0 Å². The highest BCUT2D eigenvalue weighted by atomic mass is 16.6. The fourth-order valence-corrected chi connectivity index (χ4v) is 1.23. The van der Waals surface area contributed by atoms with E-state index in [0.717, 1.165) is 25.9 Å². The van der Waals surface area contributed by atoms with Crippen molar-refractivity contribution in [2.75, 3.05) is 13.1 Å². The van der Waals surface area contributed by atoms with Crippen LogP contribution in [0.25, 0.3) is 0 Å². The highest BCUT2D eigenvalue weighted by molar-refractivity contribution is 5.68. The molecule has 0 aromatic carbocycles. The van der Waals surface area contributed by atoms with E-state index in [1.165, 1.54) is 0 Å². The third-order valence-corrected chi connectivity index (χ3v) is 1.76. The van der Waals surface area contributed by atoms with E-state index < -0.39 is 0 Å². The van der Waals surface area contributed by atoms with E-state index in [4.69, 9.17) is 9.94 Å². The average Bonchev–Trinajstić information content (AvgIpc) is 2.56. The molecule has 0 aromatic rings. The van der Waals surface area contributed by atoms with Crippen LogP contribution in [0, 0.1) is 0 Å². The molecule has 0 radical (unpaired) electrons. The quantitative estimate of drug-likeness (QED) is 0.584. The Morgan fingerprint density at radius 3 is 2.07 bits per heavy atom. The van der Waals surface area contributed by atoms with Crippen molar-refractivity contribution >= 4 is 6.09 Å². The van der Waals surface area contributed by atoms with Gasteiger partial charge in [0.25, 0.3) is 0 Å². The first-order valence-corrected chi connectivity index (χ1v) is 4.73. The largest absolute Gasteiger partial charge is 0.444 e. The number of hydrogen-bond donors (Lipinski definition) is 2. The second-order valence-electron chi connectivity index (χ2n) is 4.17. The van der Waals surface area contributed by atoms with Gasteiger partial charge in [0.1, 0.15) is 5.60 Å². The minimum absolute atomic E-state index is 0.167. The number of amides is 1. The summed E-state index contributed by atoms with van der Waals surface area (Å²) in [7, 11) is 0. The Morgan fingerprint density at radius 1 is 1.29 bits per heavy atom. The molecule has 0 spiro atoms. The Hall–Kier alpha value is -0.810. The molecule has 1 heterocycles. The monoisotopic (exact) mass is 204 g/mol. The van der Waals surface area contributed by atoms with Gasteiger partial charge >= 0.3 is 6.09 Å². The first-order valence-electron chi connectivity index (χ1n) is 4.73. The number of ether oxygens (including phenoxy) is 1. The number of carbonyl (C=O) groups excluding carboxylic acids is 1. The van der Waals surface area contributed by atoms with Crippen LogP contribution in [-0.4, -0.2) is 34.9 Å². The van der Waals surface area contributed by atoms with Gasteiger partial charge in [-0.1, -0.05) is 0 Å². The SMILES string of the molecule is CC(C)(C)OC(=O)N1CCCC1.NO. The zero-order chi connectivity index (χ0) is 11.2. The molecule has 14 heavy (non-hydrogen) atoms. The summed E-state index contributed by atoms with van der Waals surface area (Å²) < 4.78 is 5.21. The first-order chi connectivity index (χ1) is 6.49. The molecule has 5 nitrogen and oxygen atoms in total. The van der Waals surface area contributed by atoms with Gasteiger partial charge in [0.05, 0.1) is 0 Å². The lowest BCUT2D eigenvalue weighted by Gasteiger charge is -2.23. The molecule has 3 N–H and O–H groups in total. The molecule has 0 unspecified atom stereocenters. The molecule has 0 saturated carbocycles. The number of rotatable bonds is 0. The third-order valence-electron chi connectivity index (χ3n) is 1.76. The molecule has 1 amide bonds. The minimum atomic E-state index is -0.361. The normalized spacial score (nSPS) is 15.9. The van der Waals surface area contributed by atoms with Crippen molar-refractivity contribution < 1.29 is 14.7 Å². The van der Waals surface area contributed by atoms with E-state index in [9.17, 15) is 4.79 Å². The molecular weight excluding hydrogens is 184 g/mol. The van der Waals surface area contributed by atoms with Crippen molar-refractivity contribution in [2.45, 2.75) is 39.2 Å². The van der Waals surface area contributed by atoms with Crippen molar-refractivity contribution in [3.8, 4) is 0 Å². The maximum atomic E-state index is 11.4. The number of nitrogens with zero attached hydrogens (tertiary/aromatic N) is 1. The predicted octanol–water partition coefficient (Wildman–Crippen LogP) is 1.35. The highest BCUT2D eigenvalue weighted by Crippen LogP contribution is 2.14. The summed E-state index contributed by atoms with van der Waals surface area (Å²) in [6, 6.07) is 0. The van der Waals surface area contributed by atoms with E-state index in [-0.39, 0.29) is 11.7 Å². The third kappa shape index (κ3) is 5.04. The lowest BCUT2D eigenvalue weighted by Crippen LogP contribution is -2.34. The van der Waals surface area contributed by atoms with Gasteiger partial charge in [0, 0.05) is 13.1 Å². The van der Waals surface area contributed by atoms with Gasteiger partial charge in [-0.15, -0.1) is 0 Å². The summed E-state index contributed by atoms with van der Waals surface area (Å²) in [6.45, 7) is 7.38. The van der Waals surface area contributed by atoms with E-state index in [1.807, 2.05) is 20.8 Å². The summed E-state index contributed by atoms with van der Waals surface area (Å²) in [6.07, 6.45) is 2.05. The summed E-state index contributed by atoms with van der Waals surface area (Å²) in [4.78, 5) is 13.1. The topological polar surface area (TPSA) is 75.8 Å². The van der Waals surface area contributed by atoms with Crippen LogP contribution in [0.4, 0.5) is 4.79 Å². The molecule has 1 aliphatic heterocycles. The molecule has 0 atom stereocenters. The van der Waals surface area contributed by atoms with E-state index in [2.05, 4.69) is 5.90 Å². The van der Waals surface area contributed by atoms with Crippen molar-refractivity contribution in [3.63, 3.8) is 0 Å². The van der Waals surface area contributed by atoms with Gasteiger partial charge in [-0.25, -0.2) is 10.7 Å². The molecule has 1 saturated heterocycles. The van der Waals surface area contributed by atoms with Crippen LogP contribution in [-0.2, 0) is 4.74 Å². The molecule has 0 bridgehead atoms. The van der Waals surface area contributed by atoms with Crippen LogP contribution in [0.2, 0.25) is 0 Å². The first kappa shape index (κ1) is 13.2. The highest BCUT2D eigenvalue weighted by Gasteiger charge is 2.23. The second kappa shape index (κ2) is 5.82. The number of likely N-dealkylation sites (tertiary alicyclic amines) is 1. The fraction of sp³-hybridized carbons (Fsp3) is 0.889. The van der Waals surface area contributed by atoms with Gasteiger partial charge in [-0.2, -0.15) is 0 Å². The summed E-state index contributed by atoms with van der Waals surface area (Å²) in [5, 5.41) is 6.50. The van der Waals surface area contributed by atoms with Crippen molar-refractivity contribution in [3.05, 3.63) is 0 Å². The zero-order valence-corrected chi connectivity index (χ0v) is 9.12. The van der Waals surface area contributed by atoms with Gasteiger partial charge < -0.3 is 14.8 Å². The van der Waals surface area contributed by atoms with Crippen LogP contribution in [0.5, 0.6) is 0 Å². The van der Waals surface area contributed by atoms with Gasteiger partial charge in [0.15, 0.2) is 0 Å². The van der Waals surface area contributed by atoms with E-state index in [1.54, 1.807) is 4.90 Å². The molecule has 1 rings (SSSR count). The summed E-state index contributed by atoms with van der Waals surface area (Å²) in [5.74, 6) is 3.50. The molecule has 0 aromatic heterocycles. The van der Waals surface area contributed by atoms with E-state index in [0.29, 0.717) is 0 Å². The maximum absolute atomic E-state index is 11.4. The number of hydrogen-bond acceptors (Lipinski definition) is 4. The fourth-order valence-electron chi connectivity index (χ4n) is 1.23.